The number of hydrogen-bond donors (Lipinski definition) is 0. The predicted octanol–water partition coefficient (Wildman–Crippen LogP) is 13.2. The van der Waals surface area contributed by atoms with Gasteiger partial charge in [0, 0.05) is 7.26 Å². The predicted molar refractivity (Wildman–Crippen MR) is 169 cm³/mol. The van der Waals surface area contributed by atoms with Gasteiger partial charge in [-0.1, -0.05) is 143 Å². The lowest BCUT2D eigenvalue weighted by Crippen LogP contribution is -2.13. The van der Waals surface area contributed by atoms with Gasteiger partial charge in [-0.2, -0.15) is 0 Å². The van der Waals surface area contributed by atoms with Crippen LogP contribution in [0.2, 0.25) is 0 Å². The smallest absolute Gasteiger partial charge is 0.0594 e. The van der Waals surface area contributed by atoms with Gasteiger partial charge in [-0.15, -0.1) is 0 Å². The zero-order valence-corrected chi connectivity index (χ0v) is 26.6. The molecule has 0 aromatic heterocycles. The van der Waals surface area contributed by atoms with E-state index in [1.54, 1.807) is 50.3 Å². The molecule has 212 valence electrons. The highest BCUT2D eigenvalue weighted by Gasteiger charge is 2.34. The molecule has 0 fully saturated rings. The van der Waals surface area contributed by atoms with E-state index in [-0.39, 0.29) is 0 Å². The average Bonchev–Trinajstić information content (AvgIpc) is 2.87. The summed E-state index contributed by atoms with van der Waals surface area (Å²) in [5, 5.41) is 0. The van der Waals surface area contributed by atoms with Gasteiger partial charge < -0.3 is 0 Å². The first-order chi connectivity index (χ1) is 17.2. The zero-order valence-electron chi connectivity index (χ0n) is 25.7. The molecule has 0 amide bonds. The summed E-state index contributed by atoms with van der Waals surface area (Å²) in [6, 6.07) is 0. The number of unbranched alkanes of at least 4 members (excludes halogenated alkanes) is 22. The zero-order chi connectivity index (χ0) is 25.7. The molecule has 0 saturated carbocycles. The molecule has 0 spiro atoms. The van der Waals surface area contributed by atoms with E-state index in [1.165, 1.54) is 141 Å². The van der Waals surface area contributed by atoms with Crippen molar-refractivity contribution in [2.45, 2.75) is 195 Å². The molecule has 1 heteroatoms. The molecule has 0 atom stereocenters. The fraction of sp³-hybridized carbons (Fsp3) is 1.00. The van der Waals surface area contributed by atoms with Crippen molar-refractivity contribution in [1.82, 2.24) is 0 Å². The van der Waals surface area contributed by atoms with E-state index in [4.69, 9.17) is 0 Å². The van der Waals surface area contributed by atoms with Crippen LogP contribution in [0.5, 0.6) is 0 Å². The van der Waals surface area contributed by atoms with Gasteiger partial charge in [0.05, 0.1) is 24.6 Å². The molecule has 0 saturated heterocycles. The summed E-state index contributed by atoms with van der Waals surface area (Å²) in [5.41, 5.74) is 0. The molecule has 0 aliphatic heterocycles. The van der Waals surface area contributed by atoms with Gasteiger partial charge in [0.2, 0.25) is 0 Å². The fourth-order valence-corrected chi connectivity index (χ4v) is 10.9. The lowest BCUT2D eigenvalue weighted by Gasteiger charge is -2.28. The van der Waals surface area contributed by atoms with Crippen molar-refractivity contribution in [3.05, 3.63) is 0 Å². The SMILES string of the molecule is CCCCCCCCCCCCC[P+](CCCCCCC)(CCCCCCC)CCCCCCC. The molecule has 0 heterocycles. The van der Waals surface area contributed by atoms with Crippen LogP contribution in [0.3, 0.4) is 0 Å². The van der Waals surface area contributed by atoms with Gasteiger partial charge in [0.15, 0.2) is 0 Å². The van der Waals surface area contributed by atoms with E-state index < -0.39 is 7.26 Å². The Kier molecular flexibility index (Phi) is 29.3. The minimum Gasteiger partial charge on any atom is -0.0654 e. The average molecular weight is 512 g/mol. The Bertz CT molecular complexity index is 341. The number of rotatable bonds is 30. The Morgan fingerprint density at radius 3 is 0.600 bits per heavy atom. The molecule has 35 heavy (non-hydrogen) atoms. The first-order valence-electron chi connectivity index (χ1n) is 17.1. The second-order valence-electron chi connectivity index (χ2n) is 12.0. The normalized spacial score (nSPS) is 12.0. The van der Waals surface area contributed by atoms with E-state index >= 15 is 0 Å². The molecule has 0 aliphatic rings. The molecule has 0 aromatic rings. The van der Waals surface area contributed by atoms with Crippen molar-refractivity contribution < 1.29 is 0 Å². The lowest BCUT2D eigenvalue weighted by atomic mass is 10.1. The van der Waals surface area contributed by atoms with Crippen molar-refractivity contribution in [2.75, 3.05) is 24.6 Å². The number of hydrogen-bond acceptors (Lipinski definition) is 0. The molecular weight excluding hydrogens is 439 g/mol. The van der Waals surface area contributed by atoms with Crippen LogP contribution in [-0.4, -0.2) is 24.6 Å². The molecule has 0 unspecified atom stereocenters. The maximum absolute atomic E-state index is 2.36. The third kappa shape index (κ3) is 24.5. The van der Waals surface area contributed by atoms with Crippen molar-refractivity contribution in [2.24, 2.45) is 0 Å². The highest BCUT2D eigenvalue weighted by atomic mass is 31.2. The first kappa shape index (κ1) is 35.4. The second-order valence-corrected chi connectivity index (χ2v) is 16.5. The molecule has 0 nitrogen and oxygen atoms in total. The maximum atomic E-state index is 2.36. The third-order valence-corrected chi connectivity index (χ3v) is 13.5. The van der Waals surface area contributed by atoms with Crippen molar-refractivity contribution in [1.29, 1.82) is 0 Å². The van der Waals surface area contributed by atoms with Crippen LogP contribution in [0.15, 0.2) is 0 Å². The van der Waals surface area contributed by atoms with E-state index in [2.05, 4.69) is 27.7 Å². The molecule has 0 bridgehead atoms. The van der Waals surface area contributed by atoms with Crippen molar-refractivity contribution in [3.63, 3.8) is 0 Å². The minimum absolute atomic E-state index is 0.719. The van der Waals surface area contributed by atoms with E-state index in [0.29, 0.717) is 0 Å². The van der Waals surface area contributed by atoms with Crippen molar-refractivity contribution >= 4 is 7.26 Å². The van der Waals surface area contributed by atoms with Crippen LogP contribution in [0.4, 0.5) is 0 Å². The quantitative estimate of drug-likeness (QED) is 0.0664. The van der Waals surface area contributed by atoms with Gasteiger partial charge >= 0.3 is 0 Å². The summed E-state index contributed by atoms with van der Waals surface area (Å²) in [7, 11) is -0.719. The van der Waals surface area contributed by atoms with Crippen LogP contribution < -0.4 is 0 Å². The second kappa shape index (κ2) is 29.0. The van der Waals surface area contributed by atoms with Crippen LogP contribution in [0.25, 0.3) is 0 Å². The first-order valence-corrected chi connectivity index (χ1v) is 19.6. The standard InChI is InChI=1S/C34H72P/c1-5-9-13-17-18-19-20-21-22-26-30-34-35(31-27-23-14-10-6-2,32-28-24-15-11-7-3)33-29-25-16-12-8-4/h5-34H2,1-4H3/q+1. The Labute approximate surface area is 226 Å². The Balaban J connectivity index is 4.54. The highest BCUT2D eigenvalue weighted by molar-refractivity contribution is 7.75. The minimum atomic E-state index is -0.719. The summed E-state index contributed by atoms with van der Waals surface area (Å²) in [4.78, 5) is 0. The fourth-order valence-electron chi connectivity index (χ4n) is 5.93. The van der Waals surface area contributed by atoms with Gasteiger partial charge in [0.1, 0.15) is 0 Å². The van der Waals surface area contributed by atoms with Gasteiger partial charge in [-0.05, 0) is 51.4 Å². The summed E-state index contributed by atoms with van der Waals surface area (Å²) < 4.78 is 0. The van der Waals surface area contributed by atoms with Gasteiger partial charge in [-0.25, -0.2) is 0 Å². The summed E-state index contributed by atoms with van der Waals surface area (Å²) in [6.45, 7) is 9.39. The third-order valence-electron chi connectivity index (χ3n) is 8.44. The Morgan fingerprint density at radius 1 is 0.229 bits per heavy atom. The Hall–Kier alpha value is 0.430. The molecule has 0 aromatic carbocycles. The molecule has 0 aliphatic carbocycles. The molecule has 0 radical (unpaired) electrons. The van der Waals surface area contributed by atoms with E-state index in [1.807, 2.05) is 0 Å². The van der Waals surface area contributed by atoms with Gasteiger partial charge in [-0.3, -0.25) is 0 Å². The van der Waals surface area contributed by atoms with Crippen LogP contribution in [0, 0.1) is 0 Å². The monoisotopic (exact) mass is 512 g/mol. The Morgan fingerprint density at radius 2 is 0.400 bits per heavy atom. The van der Waals surface area contributed by atoms with Crippen LogP contribution >= 0.6 is 7.26 Å². The molecule has 0 rings (SSSR count). The van der Waals surface area contributed by atoms with E-state index in [0.717, 1.165) is 0 Å². The lowest BCUT2D eigenvalue weighted by molar-refractivity contribution is 0.554. The topological polar surface area (TPSA) is 0 Å². The largest absolute Gasteiger partial charge is 0.0654 e. The highest BCUT2D eigenvalue weighted by Crippen LogP contribution is 2.61. The van der Waals surface area contributed by atoms with E-state index in [9.17, 15) is 0 Å². The molecular formula is C34H72P+. The van der Waals surface area contributed by atoms with Crippen LogP contribution in [-0.2, 0) is 0 Å². The van der Waals surface area contributed by atoms with Crippen molar-refractivity contribution in [3.8, 4) is 0 Å². The van der Waals surface area contributed by atoms with Crippen LogP contribution in [0.1, 0.15) is 195 Å². The summed E-state index contributed by atoms with van der Waals surface area (Å²) >= 11 is 0. The molecule has 0 N–H and O–H groups in total. The summed E-state index contributed by atoms with van der Waals surface area (Å²) in [5.74, 6) is 0. The maximum Gasteiger partial charge on any atom is 0.0594 e. The summed E-state index contributed by atoms with van der Waals surface area (Å²) in [6.07, 6.45) is 45.1. The van der Waals surface area contributed by atoms with Gasteiger partial charge in [0.25, 0.3) is 0 Å².